The topological polar surface area (TPSA) is 70.7 Å². The Kier molecular flexibility index (Phi) is 5.78. The van der Waals surface area contributed by atoms with Gasteiger partial charge in [0.25, 0.3) is 0 Å². The molecule has 0 aliphatic rings. The van der Waals surface area contributed by atoms with Gasteiger partial charge in [0.15, 0.2) is 5.82 Å². The van der Waals surface area contributed by atoms with Crippen molar-refractivity contribution >= 4 is 50.9 Å². The summed E-state index contributed by atoms with van der Waals surface area (Å²) in [6.07, 6.45) is 0. The summed E-state index contributed by atoms with van der Waals surface area (Å²) in [5, 5.41) is 10.7. The number of nitrogens with zero attached hydrogens (tertiary/aromatic N) is 2. The molecule has 0 fully saturated rings. The maximum atomic E-state index is 12.3. The van der Waals surface area contributed by atoms with Crippen molar-refractivity contribution in [2.45, 2.75) is 17.3 Å². The SMILES string of the molecule is C[C@H](Sc1n[nH]c(-c2ccccc2Br)n1)C(=O)Nc1ccc(Cl)cc1. The van der Waals surface area contributed by atoms with E-state index in [4.69, 9.17) is 11.6 Å². The van der Waals surface area contributed by atoms with E-state index in [2.05, 4.69) is 36.4 Å². The van der Waals surface area contributed by atoms with E-state index in [0.29, 0.717) is 21.7 Å². The minimum absolute atomic E-state index is 0.125. The lowest BCUT2D eigenvalue weighted by atomic mass is 10.2. The molecule has 1 aromatic heterocycles. The normalized spacial score (nSPS) is 12.0. The summed E-state index contributed by atoms with van der Waals surface area (Å²) >= 11 is 10.6. The van der Waals surface area contributed by atoms with Crippen molar-refractivity contribution in [2.75, 3.05) is 5.32 Å². The largest absolute Gasteiger partial charge is 0.325 e. The quantitative estimate of drug-likeness (QED) is 0.551. The average Bonchev–Trinajstić information content (AvgIpc) is 3.05. The highest BCUT2D eigenvalue weighted by Gasteiger charge is 2.18. The van der Waals surface area contributed by atoms with E-state index in [1.807, 2.05) is 31.2 Å². The number of amides is 1. The maximum absolute atomic E-state index is 12.3. The first kappa shape index (κ1) is 18.0. The molecule has 1 amide bonds. The third-order valence-corrected chi connectivity index (χ3v) is 5.26. The van der Waals surface area contributed by atoms with Crippen molar-refractivity contribution in [3.8, 4) is 11.4 Å². The molecule has 0 saturated heterocycles. The van der Waals surface area contributed by atoms with Crippen LogP contribution < -0.4 is 5.32 Å². The highest BCUT2D eigenvalue weighted by Crippen LogP contribution is 2.28. The third-order valence-electron chi connectivity index (χ3n) is 3.36. The van der Waals surface area contributed by atoms with E-state index >= 15 is 0 Å². The van der Waals surface area contributed by atoms with Crippen LogP contribution in [0.2, 0.25) is 5.02 Å². The van der Waals surface area contributed by atoms with Crippen LogP contribution in [-0.4, -0.2) is 26.3 Å². The zero-order valence-electron chi connectivity index (χ0n) is 13.2. The Morgan fingerprint density at radius 2 is 1.96 bits per heavy atom. The first-order valence-corrected chi connectivity index (χ1v) is 9.48. The van der Waals surface area contributed by atoms with Crippen molar-refractivity contribution in [2.24, 2.45) is 0 Å². The number of carbonyl (C=O) groups excluding carboxylic acids is 1. The van der Waals surface area contributed by atoms with Crippen molar-refractivity contribution in [3.63, 3.8) is 0 Å². The lowest BCUT2D eigenvalue weighted by molar-refractivity contribution is -0.115. The van der Waals surface area contributed by atoms with Gasteiger partial charge in [0.2, 0.25) is 11.1 Å². The Hall–Kier alpha value is -1.83. The van der Waals surface area contributed by atoms with Gasteiger partial charge in [-0.05, 0) is 37.3 Å². The highest BCUT2D eigenvalue weighted by atomic mass is 79.9. The molecule has 0 aliphatic carbocycles. The van der Waals surface area contributed by atoms with Crippen LogP contribution in [-0.2, 0) is 4.79 Å². The molecule has 0 saturated carbocycles. The van der Waals surface area contributed by atoms with Crippen molar-refractivity contribution in [1.29, 1.82) is 0 Å². The number of halogens is 2. The number of anilines is 1. The predicted octanol–water partition coefficient (Wildman–Crippen LogP) is 5.01. The van der Waals surface area contributed by atoms with Gasteiger partial charge in [0, 0.05) is 20.7 Å². The molecule has 2 aromatic carbocycles. The van der Waals surface area contributed by atoms with Crippen LogP contribution in [0, 0.1) is 0 Å². The smallest absolute Gasteiger partial charge is 0.237 e. The molecule has 0 bridgehead atoms. The summed E-state index contributed by atoms with van der Waals surface area (Å²) in [6, 6.07) is 14.7. The van der Waals surface area contributed by atoms with Gasteiger partial charge in [0.1, 0.15) is 0 Å². The van der Waals surface area contributed by atoms with Gasteiger partial charge in [-0.25, -0.2) is 4.98 Å². The number of benzene rings is 2. The third kappa shape index (κ3) is 4.62. The molecule has 8 heteroatoms. The predicted molar refractivity (Wildman–Crippen MR) is 105 cm³/mol. The van der Waals surface area contributed by atoms with E-state index in [1.54, 1.807) is 24.3 Å². The van der Waals surface area contributed by atoms with Crippen LogP contribution in [0.25, 0.3) is 11.4 Å². The lowest BCUT2D eigenvalue weighted by Gasteiger charge is -2.10. The molecule has 1 atom stereocenters. The van der Waals surface area contributed by atoms with Crippen molar-refractivity contribution in [1.82, 2.24) is 15.2 Å². The first-order valence-electron chi connectivity index (χ1n) is 7.43. The zero-order chi connectivity index (χ0) is 17.8. The molecule has 0 radical (unpaired) electrons. The van der Waals surface area contributed by atoms with Crippen molar-refractivity contribution < 1.29 is 4.79 Å². The van der Waals surface area contributed by atoms with E-state index in [9.17, 15) is 4.79 Å². The van der Waals surface area contributed by atoms with Gasteiger partial charge in [-0.2, -0.15) is 0 Å². The van der Waals surface area contributed by atoms with E-state index < -0.39 is 0 Å². The molecule has 3 rings (SSSR count). The van der Waals surface area contributed by atoms with Gasteiger partial charge in [-0.3, -0.25) is 9.89 Å². The van der Waals surface area contributed by atoms with Crippen LogP contribution in [0.5, 0.6) is 0 Å². The maximum Gasteiger partial charge on any atom is 0.237 e. The van der Waals surface area contributed by atoms with E-state index in [-0.39, 0.29) is 11.2 Å². The molecule has 0 spiro atoms. The van der Waals surface area contributed by atoms with Gasteiger partial charge >= 0.3 is 0 Å². The number of thioether (sulfide) groups is 1. The van der Waals surface area contributed by atoms with Crippen LogP contribution in [0.4, 0.5) is 5.69 Å². The fourth-order valence-electron chi connectivity index (χ4n) is 2.06. The summed E-state index contributed by atoms with van der Waals surface area (Å²) in [7, 11) is 0. The van der Waals surface area contributed by atoms with Gasteiger partial charge in [0.05, 0.1) is 5.25 Å². The molecular weight excluding hydrogens is 424 g/mol. The number of carbonyl (C=O) groups is 1. The molecule has 25 heavy (non-hydrogen) atoms. The van der Waals surface area contributed by atoms with Gasteiger partial charge in [-0.15, -0.1) is 5.10 Å². The zero-order valence-corrected chi connectivity index (χ0v) is 16.3. The van der Waals surface area contributed by atoms with Crippen LogP contribution >= 0.6 is 39.3 Å². The summed E-state index contributed by atoms with van der Waals surface area (Å²) in [5.41, 5.74) is 1.62. The summed E-state index contributed by atoms with van der Waals surface area (Å²) < 4.78 is 0.927. The molecule has 0 unspecified atom stereocenters. The summed E-state index contributed by atoms with van der Waals surface area (Å²) in [5.74, 6) is 0.528. The molecule has 1 heterocycles. The van der Waals surface area contributed by atoms with E-state index in [1.165, 1.54) is 11.8 Å². The Labute approximate surface area is 162 Å². The van der Waals surface area contributed by atoms with Crippen LogP contribution in [0.3, 0.4) is 0 Å². The minimum atomic E-state index is -0.349. The highest BCUT2D eigenvalue weighted by molar-refractivity contribution is 9.10. The molecule has 0 aliphatic heterocycles. The summed E-state index contributed by atoms with van der Waals surface area (Å²) in [6.45, 7) is 1.81. The Bertz CT molecular complexity index is 884. The molecule has 3 aromatic rings. The Balaban J connectivity index is 1.65. The van der Waals surface area contributed by atoms with Gasteiger partial charge in [-0.1, -0.05) is 57.5 Å². The number of aromatic amines is 1. The summed E-state index contributed by atoms with van der Waals surface area (Å²) in [4.78, 5) is 16.7. The number of nitrogens with one attached hydrogen (secondary N) is 2. The molecule has 2 N–H and O–H groups in total. The molecular formula is C17H14BrClN4OS. The second-order valence-electron chi connectivity index (χ2n) is 5.20. The number of hydrogen-bond acceptors (Lipinski definition) is 4. The lowest BCUT2D eigenvalue weighted by Crippen LogP contribution is -2.22. The second kappa shape index (κ2) is 8.03. The van der Waals surface area contributed by atoms with Gasteiger partial charge < -0.3 is 5.32 Å². The second-order valence-corrected chi connectivity index (χ2v) is 7.80. The Morgan fingerprint density at radius 3 is 2.68 bits per heavy atom. The number of rotatable bonds is 5. The number of H-pyrrole nitrogens is 1. The Morgan fingerprint density at radius 1 is 1.24 bits per heavy atom. The fourth-order valence-corrected chi connectivity index (χ4v) is 3.38. The van der Waals surface area contributed by atoms with Crippen LogP contribution in [0.1, 0.15) is 6.92 Å². The molecule has 5 nitrogen and oxygen atoms in total. The number of aromatic nitrogens is 3. The average molecular weight is 438 g/mol. The first-order chi connectivity index (χ1) is 12.0. The van der Waals surface area contributed by atoms with Crippen molar-refractivity contribution in [3.05, 3.63) is 58.0 Å². The van der Waals surface area contributed by atoms with Crippen LogP contribution in [0.15, 0.2) is 58.2 Å². The monoisotopic (exact) mass is 436 g/mol. The fraction of sp³-hybridized carbons (Fsp3) is 0.118. The molecule has 128 valence electrons. The minimum Gasteiger partial charge on any atom is -0.325 e. The number of hydrogen-bond donors (Lipinski definition) is 2. The van der Waals surface area contributed by atoms with E-state index in [0.717, 1.165) is 10.0 Å². The standard InChI is InChI=1S/C17H14BrClN4OS/c1-10(16(24)20-12-8-6-11(19)7-9-12)25-17-21-15(22-23-17)13-4-2-3-5-14(13)18/h2-10H,1H3,(H,20,24)(H,21,22,23)/t10-/m0/s1.